The van der Waals surface area contributed by atoms with Crippen LogP contribution in [0.15, 0.2) is 0 Å². The van der Waals surface area contributed by atoms with Crippen molar-refractivity contribution in [1.82, 2.24) is 0 Å². The van der Waals surface area contributed by atoms with Crippen molar-refractivity contribution in [3.05, 3.63) is 0 Å². The minimum Gasteiger partial charge on any atom is -0.464 e. The van der Waals surface area contributed by atoms with E-state index in [9.17, 15) is 4.79 Å². The van der Waals surface area contributed by atoms with Gasteiger partial charge in [0.2, 0.25) is 0 Å². The van der Waals surface area contributed by atoms with E-state index in [1.165, 1.54) is 0 Å². The van der Waals surface area contributed by atoms with Crippen molar-refractivity contribution in [3.63, 3.8) is 0 Å². The number of carbonyl (C=O) groups excluding carboxylic acids is 1. The lowest BCUT2D eigenvalue weighted by Gasteiger charge is -2.16. The lowest BCUT2D eigenvalue weighted by atomic mass is 10.1. The van der Waals surface area contributed by atoms with E-state index in [4.69, 9.17) is 23.7 Å². The van der Waals surface area contributed by atoms with Crippen molar-refractivity contribution < 1.29 is 28.5 Å². The van der Waals surface area contributed by atoms with Crippen molar-refractivity contribution >= 4 is 5.97 Å². The van der Waals surface area contributed by atoms with Gasteiger partial charge in [-0.1, -0.05) is 0 Å². The summed E-state index contributed by atoms with van der Waals surface area (Å²) in [4.78, 5) is 11.2. The molecule has 0 unspecified atom stereocenters. The second-order valence-corrected chi connectivity index (χ2v) is 4.02. The van der Waals surface area contributed by atoms with Gasteiger partial charge in [-0.25, -0.2) is 4.79 Å². The first-order valence-electron chi connectivity index (χ1n) is 5.79. The maximum absolute atomic E-state index is 11.2. The smallest absolute Gasteiger partial charge is 0.332 e. The lowest BCUT2D eigenvalue weighted by Crippen LogP contribution is -2.34. The molecule has 0 amide bonds. The molecule has 98 valence electrons. The Morgan fingerprint density at radius 3 is 2.53 bits per heavy atom. The molecule has 0 saturated carbocycles. The summed E-state index contributed by atoms with van der Waals surface area (Å²) >= 11 is 0. The standard InChI is InChI=1S/C11H18O6/c1-3-14-9(12)6-15-8-5-17-10-7(13-2)4-16-11(8)10/h7-8,10-11H,3-6H2,1-2H3/t7-,8-,10-,11-/m1/s1. The number of rotatable bonds is 5. The molecule has 0 aromatic carbocycles. The zero-order chi connectivity index (χ0) is 12.3. The highest BCUT2D eigenvalue weighted by molar-refractivity contribution is 5.70. The molecule has 2 aliphatic heterocycles. The summed E-state index contributed by atoms with van der Waals surface area (Å²) in [7, 11) is 1.63. The van der Waals surface area contributed by atoms with Gasteiger partial charge in [-0.2, -0.15) is 0 Å². The Bertz CT molecular complexity index is 269. The van der Waals surface area contributed by atoms with E-state index in [2.05, 4.69) is 0 Å². The first-order chi connectivity index (χ1) is 8.26. The van der Waals surface area contributed by atoms with Crippen LogP contribution in [0.2, 0.25) is 0 Å². The highest BCUT2D eigenvalue weighted by atomic mass is 16.6. The van der Waals surface area contributed by atoms with Crippen LogP contribution in [0, 0.1) is 0 Å². The molecule has 2 rings (SSSR count). The molecule has 17 heavy (non-hydrogen) atoms. The Hall–Kier alpha value is -0.690. The Morgan fingerprint density at radius 1 is 1.24 bits per heavy atom. The van der Waals surface area contributed by atoms with Crippen LogP contribution < -0.4 is 0 Å². The number of esters is 1. The molecule has 6 heteroatoms. The van der Waals surface area contributed by atoms with Crippen LogP contribution in [-0.2, 0) is 28.5 Å². The van der Waals surface area contributed by atoms with Crippen LogP contribution in [0.25, 0.3) is 0 Å². The molecule has 2 fully saturated rings. The van der Waals surface area contributed by atoms with Crippen molar-refractivity contribution in [2.24, 2.45) is 0 Å². The summed E-state index contributed by atoms with van der Waals surface area (Å²) < 4.78 is 26.6. The van der Waals surface area contributed by atoms with Gasteiger partial charge in [-0.05, 0) is 6.92 Å². The molecule has 0 aromatic heterocycles. The summed E-state index contributed by atoms with van der Waals surface area (Å²) in [6.45, 7) is 2.99. The Balaban J connectivity index is 1.78. The molecule has 0 bridgehead atoms. The number of carbonyl (C=O) groups is 1. The van der Waals surface area contributed by atoms with Crippen LogP contribution in [0.5, 0.6) is 0 Å². The molecule has 6 nitrogen and oxygen atoms in total. The minimum atomic E-state index is -0.364. The fourth-order valence-electron chi connectivity index (χ4n) is 2.15. The first kappa shape index (κ1) is 12.8. The van der Waals surface area contributed by atoms with Gasteiger partial charge in [0.15, 0.2) is 0 Å². The lowest BCUT2D eigenvalue weighted by molar-refractivity contribution is -0.152. The summed E-state index contributed by atoms with van der Waals surface area (Å²) in [6, 6.07) is 0. The average molecular weight is 246 g/mol. The highest BCUT2D eigenvalue weighted by Crippen LogP contribution is 2.30. The van der Waals surface area contributed by atoms with E-state index in [1.807, 2.05) is 0 Å². The third-order valence-electron chi connectivity index (χ3n) is 2.99. The van der Waals surface area contributed by atoms with Gasteiger partial charge in [0, 0.05) is 7.11 Å². The molecule has 0 spiro atoms. The summed E-state index contributed by atoms with van der Waals surface area (Å²) in [6.07, 6.45) is -0.498. The van der Waals surface area contributed by atoms with Crippen molar-refractivity contribution in [2.75, 3.05) is 33.5 Å². The maximum atomic E-state index is 11.2. The van der Waals surface area contributed by atoms with Crippen LogP contribution in [-0.4, -0.2) is 63.9 Å². The van der Waals surface area contributed by atoms with E-state index >= 15 is 0 Å². The second-order valence-electron chi connectivity index (χ2n) is 4.02. The van der Waals surface area contributed by atoms with Crippen LogP contribution in [0.1, 0.15) is 6.92 Å². The van der Waals surface area contributed by atoms with Gasteiger partial charge in [0.25, 0.3) is 0 Å². The average Bonchev–Trinajstić information content (AvgIpc) is 2.87. The van der Waals surface area contributed by atoms with Gasteiger partial charge in [-0.15, -0.1) is 0 Å². The van der Waals surface area contributed by atoms with Crippen molar-refractivity contribution in [3.8, 4) is 0 Å². The van der Waals surface area contributed by atoms with Crippen LogP contribution >= 0.6 is 0 Å². The van der Waals surface area contributed by atoms with Gasteiger partial charge < -0.3 is 23.7 Å². The topological polar surface area (TPSA) is 63.2 Å². The van der Waals surface area contributed by atoms with Gasteiger partial charge in [0.1, 0.15) is 31.0 Å². The van der Waals surface area contributed by atoms with Crippen molar-refractivity contribution in [2.45, 2.75) is 31.3 Å². The van der Waals surface area contributed by atoms with E-state index in [-0.39, 0.29) is 37.0 Å². The largest absolute Gasteiger partial charge is 0.464 e. The quantitative estimate of drug-likeness (QED) is 0.623. The number of hydrogen-bond acceptors (Lipinski definition) is 6. The monoisotopic (exact) mass is 246 g/mol. The third kappa shape index (κ3) is 2.77. The second kappa shape index (κ2) is 5.77. The van der Waals surface area contributed by atoms with E-state index in [0.29, 0.717) is 19.8 Å². The number of fused-ring (bicyclic) bond motifs is 1. The van der Waals surface area contributed by atoms with Gasteiger partial charge >= 0.3 is 5.97 Å². The number of hydrogen-bond donors (Lipinski definition) is 0. The first-order valence-corrected chi connectivity index (χ1v) is 5.79. The van der Waals surface area contributed by atoms with Crippen LogP contribution in [0.4, 0.5) is 0 Å². The number of ether oxygens (including phenoxy) is 5. The molecule has 2 aliphatic rings. The maximum Gasteiger partial charge on any atom is 0.332 e. The molecule has 0 radical (unpaired) electrons. The Labute approximate surface area is 100 Å². The van der Waals surface area contributed by atoms with E-state index in [0.717, 1.165) is 0 Å². The molecule has 0 aromatic rings. The fourth-order valence-corrected chi connectivity index (χ4v) is 2.15. The van der Waals surface area contributed by atoms with Crippen LogP contribution in [0.3, 0.4) is 0 Å². The Kier molecular flexibility index (Phi) is 4.33. The van der Waals surface area contributed by atoms with Crippen molar-refractivity contribution in [1.29, 1.82) is 0 Å². The number of methoxy groups -OCH3 is 1. The fraction of sp³-hybridized carbons (Fsp3) is 0.909. The highest BCUT2D eigenvalue weighted by Gasteiger charge is 2.48. The summed E-state index contributed by atoms with van der Waals surface area (Å²) in [5.41, 5.74) is 0. The molecule has 4 atom stereocenters. The van der Waals surface area contributed by atoms with E-state index in [1.54, 1.807) is 14.0 Å². The predicted octanol–water partition coefficient (Wildman–Crippen LogP) is -0.253. The molecule has 2 heterocycles. The van der Waals surface area contributed by atoms with E-state index < -0.39 is 0 Å². The zero-order valence-corrected chi connectivity index (χ0v) is 10.1. The molecular weight excluding hydrogens is 228 g/mol. The zero-order valence-electron chi connectivity index (χ0n) is 10.1. The SMILES string of the molecule is CCOC(=O)CO[C@@H]1CO[C@H]2[C@@H]1OC[C@H]2OC. The molecule has 2 saturated heterocycles. The van der Waals surface area contributed by atoms with Gasteiger partial charge in [0.05, 0.1) is 19.8 Å². The minimum absolute atomic E-state index is 0.0452. The third-order valence-corrected chi connectivity index (χ3v) is 2.99. The summed E-state index contributed by atoms with van der Waals surface area (Å²) in [5, 5.41) is 0. The van der Waals surface area contributed by atoms with Gasteiger partial charge in [-0.3, -0.25) is 0 Å². The Morgan fingerprint density at radius 2 is 1.88 bits per heavy atom. The predicted molar refractivity (Wildman–Crippen MR) is 56.7 cm³/mol. The summed E-state index contributed by atoms with van der Waals surface area (Å²) in [5.74, 6) is -0.364. The molecule has 0 N–H and O–H groups in total. The molecule has 0 aliphatic carbocycles. The molecular formula is C11H18O6. The normalized spacial score (nSPS) is 35.9.